The fourth-order valence-electron chi connectivity index (χ4n) is 2.77. The predicted octanol–water partition coefficient (Wildman–Crippen LogP) is 3.68. The molecule has 3 heteroatoms. The molecule has 0 spiro atoms. The molecule has 1 saturated heterocycles. The zero-order chi connectivity index (χ0) is 13.7. The Kier molecular flexibility index (Phi) is 5.68. The minimum Gasteiger partial charge on any atom is -0.376 e. The molecule has 0 aliphatic carbocycles. The first-order valence-corrected chi connectivity index (χ1v) is 7.68. The van der Waals surface area contributed by atoms with E-state index in [1.807, 2.05) is 12.1 Å². The predicted molar refractivity (Wildman–Crippen MR) is 80.8 cm³/mol. The molecule has 0 saturated carbocycles. The van der Waals surface area contributed by atoms with Crippen molar-refractivity contribution in [2.75, 3.05) is 13.2 Å². The smallest absolute Gasteiger partial charge is 0.0757 e. The van der Waals surface area contributed by atoms with Gasteiger partial charge in [0.25, 0.3) is 0 Å². The normalized spacial score (nSPS) is 24.6. The highest BCUT2D eigenvalue weighted by atomic mass is 35.5. The van der Waals surface area contributed by atoms with E-state index in [-0.39, 0.29) is 0 Å². The highest BCUT2D eigenvalue weighted by Crippen LogP contribution is 2.26. The average Bonchev–Trinajstić information content (AvgIpc) is 2.83. The topological polar surface area (TPSA) is 21.3 Å². The van der Waals surface area contributed by atoms with Crippen molar-refractivity contribution in [3.05, 3.63) is 34.9 Å². The SMILES string of the molecule is CCCNC(Cc1ccccc1Cl)C1OCCC1C. The van der Waals surface area contributed by atoms with Gasteiger partial charge in [0.05, 0.1) is 6.10 Å². The van der Waals surface area contributed by atoms with E-state index in [1.165, 1.54) is 5.56 Å². The van der Waals surface area contributed by atoms with Crippen molar-refractivity contribution in [3.8, 4) is 0 Å². The summed E-state index contributed by atoms with van der Waals surface area (Å²) in [6.45, 7) is 6.39. The lowest BCUT2D eigenvalue weighted by atomic mass is 9.93. The molecule has 2 rings (SSSR count). The quantitative estimate of drug-likeness (QED) is 0.859. The molecule has 0 bridgehead atoms. The maximum Gasteiger partial charge on any atom is 0.0757 e. The molecule has 1 aliphatic rings. The van der Waals surface area contributed by atoms with E-state index in [0.29, 0.717) is 18.1 Å². The van der Waals surface area contributed by atoms with E-state index in [1.54, 1.807) is 0 Å². The second kappa shape index (κ2) is 7.28. The number of nitrogens with one attached hydrogen (secondary N) is 1. The van der Waals surface area contributed by atoms with Crippen molar-refractivity contribution in [3.63, 3.8) is 0 Å². The number of hydrogen-bond donors (Lipinski definition) is 1. The molecule has 106 valence electrons. The molecule has 0 amide bonds. The molecule has 0 aromatic heterocycles. The van der Waals surface area contributed by atoms with Crippen LogP contribution < -0.4 is 5.32 Å². The Labute approximate surface area is 121 Å². The van der Waals surface area contributed by atoms with Gasteiger partial charge in [0.1, 0.15) is 0 Å². The molecule has 0 radical (unpaired) electrons. The van der Waals surface area contributed by atoms with Gasteiger partial charge in [-0.15, -0.1) is 0 Å². The molecule has 1 heterocycles. The van der Waals surface area contributed by atoms with E-state index in [4.69, 9.17) is 16.3 Å². The van der Waals surface area contributed by atoms with Gasteiger partial charge < -0.3 is 10.1 Å². The van der Waals surface area contributed by atoms with Crippen LogP contribution in [0.4, 0.5) is 0 Å². The monoisotopic (exact) mass is 281 g/mol. The maximum atomic E-state index is 6.28. The Morgan fingerprint density at radius 3 is 2.84 bits per heavy atom. The minimum absolute atomic E-state index is 0.308. The standard InChI is InChI=1S/C16H24ClNO/c1-3-9-18-15(16-12(2)8-10-19-16)11-13-6-4-5-7-14(13)17/h4-7,12,15-16,18H,3,8-11H2,1-2H3. The maximum absolute atomic E-state index is 6.28. The number of rotatable bonds is 6. The Morgan fingerprint density at radius 2 is 2.21 bits per heavy atom. The number of ether oxygens (including phenoxy) is 1. The summed E-state index contributed by atoms with van der Waals surface area (Å²) in [5, 5.41) is 4.49. The largest absolute Gasteiger partial charge is 0.376 e. The summed E-state index contributed by atoms with van der Waals surface area (Å²) >= 11 is 6.28. The van der Waals surface area contributed by atoms with Crippen molar-refractivity contribution >= 4 is 11.6 Å². The van der Waals surface area contributed by atoms with Gasteiger partial charge in [-0.05, 0) is 43.4 Å². The molecule has 3 atom stereocenters. The van der Waals surface area contributed by atoms with Gasteiger partial charge in [-0.25, -0.2) is 0 Å². The Bertz CT molecular complexity index is 396. The van der Waals surface area contributed by atoms with Crippen molar-refractivity contribution in [2.45, 2.75) is 45.3 Å². The van der Waals surface area contributed by atoms with Crippen LogP contribution in [-0.2, 0) is 11.2 Å². The fraction of sp³-hybridized carbons (Fsp3) is 0.625. The fourth-order valence-corrected chi connectivity index (χ4v) is 2.98. The summed E-state index contributed by atoms with van der Waals surface area (Å²) in [6.07, 6.45) is 3.55. The zero-order valence-electron chi connectivity index (χ0n) is 11.9. The first kappa shape index (κ1) is 14.8. The van der Waals surface area contributed by atoms with Gasteiger partial charge in [-0.1, -0.05) is 43.6 Å². The van der Waals surface area contributed by atoms with Crippen LogP contribution in [0.2, 0.25) is 5.02 Å². The van der Waals surface area contributed by atoms with Crippen molar-refractivity contribution in [1.29, 1.82) is 0 Å². The Balaban J connectivity index is 2.07. The minimum atomic E-state index is 0.308. The number of hydrogen-bond acceptors (Lipinski definition) is 2. The molecule has 19 heavy (non-hydrogen) atoms. The Hall–Kier alpha value is -0.570. The summed E-state index contributed by atoms with van der Waals surface area (Å²) in [5.74, 6) is 0.622. The highest BCUT2D eigenvalue weighted by Gasteiger charge is 2.31. The number of halogens is 1. The van der Waals surface area contributed by atoms with Crippen LogP contribution in [0.3, 0.4) is 0 Å². The van der Waals surface area contributed by atoms with Crippen LogP contribution in [0.1, 0.15) is 32.3 Å². The first-order chi connectivity index (χ1) is 9.22. The van der Waals surface area contributed by atoms with Crippen LogP contribution in [0.15, 0.2) is 24.3 Å². The van der Waals surface area contributed by atoms with Crippen LogP contribution >= 0.6 is 11.6 Å². The highest BCUT2D eigenvalue weighted by molar-refractivity contribution is 6.31. The molecule has 1 aromatic rings. The molecule has 1 N–H and O–H groups in total. The van der Waals surface area contributed by atoms with Gasteiger partial charge in [-0.2, -0.15) is 0 Å². The molecular formula is C16H24ClNO. The second-order valence-corrected chi connectivity index (χ2v) is 5.86. The average molecular weight is 282 g/mol. The molecule has 1 aliphatic heterocycles. The second-order valence-electron chi connectivity index (χ2n) is 5.46. The lowest BCUT2D eigenvalue weighted by Crippen LogP contribution is -2.44. The summed E-state index contributed by atoms with van der Waals surface area (Å²) in [7, 11) is 0. The van der Waals surface area contributed by atoms with Gasteiger partial charge >= 0.3 is 0 Å². The van der Waals surface area contributed by atoms with Crippen LogP contribution in [0, 0.1) is 5.92 Å². The first-order valence-electron chi connectivity index (χ1n) is 7.30. The van der Waals surface area contributed by atoms with Gasteiger partial charge in [0.15, 0.2) is 0 Å². The molecular weight excluding hydrogens is 258 g/mol. The summed E-state index contributed by atoms with van der Waals surface area (Å²) in [4.78, 5) is 0. The Morgan fingerprint density at radius 1 is 1.42 bits per heavy atom. The summed E-state index contributed by atoms with van der Waals surface area (Å²) < 4.78 is 5.93. The molecule has 1 aromatic carbocycles. The van der Waals surface area contributed by atoms with Crippen molar-refractivity contribution in [1.82, 2.24) is 5.32 Å². The summed E-state index contributed by atoms with van der Waals surface area (Å²) in [5.41, 5.74) is 1.21. The van der Waals surface area contributed by atoms with Crippen molar-refractivity contribution in [2.24, 2.45) is 5.92 Å². The van der Waals surface area contributed by atoms with E-state index in [0.717, 1.165) is 37.4 Å². The van der Waals surface area contributed by atoms with Crippen molar-refractivity contribution < 1.29 is 4.74 Å². The third-order valence-corrected chi connectivity index (χ3v) is 4.26. The van der Waals surface area contributed by atoms with Gasteiger partial charge in [-0.3, -0.25) is 0 Å². The van der Waals surface area contributed by atoms with Crippen LogP contribution in [-0.4, -0.2) is 25.3 Å². The molecule has 3 unspecified atom stereocenters. The summed E-state index contributed by atoms with van der Waals surface area (Å²) in [6, 6.07) is 8.47. The third-order valence-electron chi connectivity index (χ3n) is 3.90. The lowest BCUT2D eigenvalue weighted by Gasteiger charge is -2.27. The van der Waals surface area contributed by atoms with E-state index in [9.17, 15) is 0 Å². The van der Waals surface area contributed by atoms with E-state index in [2.05, 4.69) is 31.3 Å². The lowest BCUT2D eigenvalue weighted by molar-refractivity contribution is 0.0610. The van der Waals surface area contributed by atoms with E-state index < -0.39 is 0 Å². The van der Waals surface area contributed by atoms with Gasteiger partial charge in [0, 0.05) is 17.7 Å². The molecule has 2 nitrogen and oxygen atoms in total. The molecule has 1 fully saturated rings. The number of benzene rings is 1. The van der Waals surface area contributed by atoms with Crippen LogP contribution in [0.5, 0.6) is 0 Å². The zero-order valence-corrected chi connectivity index (χ0v) is 12.6. The van der Waals surface area contributed by atoms with Crippen LogP contribution in [0.25, 0.3) is 0 Å². The van der Waals surface area contributed by atoms with Gasteiger partial charge in [0.2, 0.25) is 0 Å². The third kappa shape index (κ3) is 3.95. The van der Waals surface area contributed by atoms with E-state index >= 15 is 0 Å².